The van der Waals surface area contributed by atoms with Gasteiger partial charge >= 0.3 is 0 Å². The van der Waals surface area contributed by atoms with E-state index in [1.54, 1.807) is 14.2 Å². The number of amides is 1. The van der Waals surface area contributed by atoms with Crippen molar-refractivity contribution in [1.29, 1.82) is 0 Å². The van der Waals surface area contributed by atoms with Crippen molar-refractivity contribution >= 4 is 17.7 Å². The van der Waals surface area contributed by atoms with E-state index in [2.05, 4.69) is 10.3 Å². The monoisotopic (exact) mass is 375 g/mol. The Kier molecular flexibility index (Phi) is 7.87. The molecule has 2 aromatic rings. The van der Waals surface area contributed by atoms with E-state index in [0.29, 0.717) is 29.4 Å². The maximum Gasteiger partial charge on any atom is 0.257 e. The van der Waals surface area contributed by atoms with Gasteiger partial charge in [-0.2, -0.15) is 0 Å². The van der Waals surface area contributed by atoms with E-state index in [1.807, 2.05) is 37.3 Å². The van der Waals surface area contributed by atoms with Gasteiger partial charge in [-0.3, -0.25) is 14.2 Å². The highest BCUT2D eigenvalue weighted by Gasteiger charge is 2.16. The van der Waals surface area contributed by atoms with Gasteiger partial charge in [0.25, 0.3) is 5.56 Å². The maximum absolute atomic E-state index is 12.9. The minimum Gasteiger partial charge on any atom is -0.378 e. The number of nitrogens with one attached hydrogen (secondary N) is 1. The summed E-state index contributed by atoms with van der Waals surface area (Å²) in [5.74, 6) is 0.165. The fraction of sp³-hybridized carbons (Fsp3) is 0.421. The Morgan fingerprint density at radius 2 is 2.04 bits per heavy atom. The molecule has 1 heterocycles. The summed E-state index contributed by atoms with van der Waals surface area (Å²) < 4.78 is 6.74. The van der Waals surface area contributed by atoms with Gasteiger partial charge in [0.15, 0.2) is 5.16 Å². The highest BCUT2D eigenvalue weighted by atomic mass is 32.2. The minimum absolute atomic E-state index is 0.0623. The molecule has 0 radical (unpaired) electrons. The van der Waals surface area contributed by atoms with Gasteiger partial charge in [0, 0.05) is 32.7 Å². The number of thioether (sulfide) groups is 1. The van der Waals surface area contributed by atoms with Gasteiger partial charge in [0.2, 0.25) is 5.91 Å². The molecule has 2 rings (SSSR count). The van der Waals surface area contributed by atoms with Gasteiger partial charge in [-0.05, 0) is 12.0 Å². The number of hydrogen-bond acceptors (Lipinski definition) is 5. The topological polar surface area (TPSA) is 73.2 Å². The van der Waals surface area contributed by atoms with Crippen LogP contribution in [0, 0.1) is 0 Å². The van der Waals surface area contributed by atoms with Crippen molar-refractivity contribution in [3.8, 4) is 0 Å². The molecule has 1 amide bonds. The van der Waals surface area contributed by atoms with Gasteiger partial charge in [-0.15, -0.1) is 0 Å². The zero-order valence-corrected chi connectivity index (χ0v) is 16.3. The fourth-order valence-corrected chi connectivity index (χ4v) is 3.29. The lowest BCUT2D eigenvalue weighted by Crippen LogP contribution is -2.29. The van der Waals surface area contributed by atoms with Gasteiger partial charge in [0.1, 0.15) is 0 Å². The van der Waals surface area contributed by atoms with Crippen LogP contribution >= 0.6 is 11.8 Å². The molecule has 0 aliphatic heterocycles. The number of methoxy groups -OCH3 is 1. The summed E-state index contributed by atoms with van der Waals surface area (Å²) in [6, 6.07) is 9.80. The lowest BCUT2D eigenvalue weighted by molar-refractivity contribution is -0.118. The Bertz CT molecular complexity index is 791. The molecule has 0 bridgehead atoms. The molecule has 0 saturated heterocycles. The molecule has 0 aliphatic carbocycles. The van der Waals surface area contributed by atoms with Crippen LogP contribution in [-0.2, 0) is 29.6 Å². The Morgan fingerprint density at radius 1 is 1.31 bits per heavy atom. The Morgan fingerprint density at radius 3 is 2.69 bits per heavy atom. The van der Waals surface area contributed by atoms with E-state index >= 15 is 0 Å². The fourth-order valence-electron chi connectivity index (χ4n) is 2.48. The molecule has 6 nitrogen and oxygen atoms in total. The third kappa shape index (κ3) is 5.44. The zero-order valence-electron chi connectivity index (χ0n) is 15.4. The smallest absolute Gasteiger partial charge is 0.257 e. The van der Waals surface area contributed by atoms with Crippen molar-refractivity contribution in [3.63, 3.8) is 0 Å². The highest BCUT2D eigenvalue weighted by molar-refractivity contribution is 7.99. The first-order valence-corrected chi connectivity index (χ1v) is 9.56. The number of benzene rings is 1. The first-order valence-electron chi connectivity index (χ1n) is 8.58. The quantitative estimate of drug-likeness (QED) is 0.537. The molecule has 0 atom stereocenters. The molecule has 1 N–H and O–H groups in total. The molecule has 1 aromatic carbocycles. The second-order valence-electron chi connectivity index (χ2n) is 5.92. The van der Waals surface area contributed by atoms with Gasteiger partial charge in [-0.25, -0.2) is 4.98 Å². The van der Waals surface area contributed by atoms with E-state index in [-0.39, 0.29) is 23.8 Å². The number of ether oxygens (including phenoxy) is 1. The van der Waals surface area contributed by atoms with Crippen LogP contribution in [0.25, 0.3) is 0 Å². The first-order chi connectivity index (χ1) is 12.6. The lowest BCUT2D eigenvalue weighted by Gasteiger charge is -2.14. The molecule has 140 valence electrons. The third-order valence-corrected chi connectivity index (χ3v) is 4.87. The van der Waals surface area contributed by atoms with Crippen molar-refractivity contribution in [2.75, 3.05) is 19.4 Å². The second kappa shape index (κ2) is 10.1. The molecule has 26 heavy (non-hydrogen) atoms. The van der Waals surface area contributed by atoms with Crippen LogP contribution in [0.4, 0.5) is 0 Å². The Labute approximate surface area is 158 Å². The summed E-state index contributed by atoms with van der Waals surface area (Å²) in [6.45, 7) is 2.91. The van der Waals surface area contributed by atoms with Gasteiger partial charge in [-0.1, -0.05) is 49.0 Å². The van der Waals surface area contributed by atoms with E-state index in [9.17, 15) is 9.59 Å². The summed E-state index contributed by atoms with van der Waals surface area (Å²) in [6.07, 6.45) is 1.39. The molecule has 0 saturated carbocycles. The summed E-state index contributed by atoms with van der Waals surface area (Å²) in [5, 5.41) is 3.34. The van der Waals surface area contributed by atoms with Crippen molar-refractivity contribution in [2.45, 2.75) is 31.5 Å². The van der Waals surface area contributed by atoms with E-state index < -0.39 is 0 Å². The molecule has 0 aliphatic rings. The van der Waals surface area contributed by atoms with Crippen molar-refractivity contribution < 1.29 is 9.53 Å². The number of nitrogens with zero attached hydrogens (tertiary/aromatic N) is 2. The Balaban J connectivity index is 2.26. The highest BCUT2D eigenvalue weighted by Crippen LogP contribution is 2.17. The summed E-state index contributed by atoms with van der Waals surface area (Å²) in [5.41, 5.74) is 2.19. The van der Waals surface area contributed by atoms with Crippen molar-refractivity contribution in [3.05, 3.63) is 57.5 Å². The third-order valence-electron chi connectivity index (χ3n) is 3.84. The van der Waals surface area contributed by atoms with Gasteiger partial charge < -0.3 is 10.1 Å². The largest absolute Gasteiger partial charge is 0.378 e. The van der Waals surface area contributed by atoms with Gasteiger partial charge in [0.05, 0.1) is 18.1 Å². The van der Waals surface area contributed by atoms with Crippen LogP contribution in [0.15, 0.2) is 40.3 Å². The van der Waals surface area contributed by atoms with E-state index in [1.165, 1.54) is 16.3 Å². The molecule has 1 aromatic heterocycles. The van der Waals surface area contributed by atoms with Crippen LogP contribution in [0.3, 0.4) is 0 Å². The average molecular weight is 375 g/mol. The number of hydrogen-bond donors (Lipinski definition) is 1. The van der Waals surface area contributed by atoms with Crippen LogP contribution in [0.5, 0.6) is 0 Å². The molecular weight excluding hydrogens is 350 g/mol. The summed E-state index contributed by atoms with van der Waals surface area (Å²) in [4.78, 5) is 29.3. The first kappa shape index (κ1) is 20.2. The standard InChI is InChI=1S/C19H25N3O3S/c1-4-10-20-17(23)13-26-19-21-16(12-25-3)15(18(24)22(19)2)11-14-8-6-5-7-9-14/h5-9H,4,10-13H2,1-3H3,(H,20,23). The number of carbonyl (C=O) groups excluding carboxylic acids is 1. The molecule has 7 heteroatoms. The summed E-state index contributed by atoms with van der Waals surface area (Å²) >= 11 is 1.26. The van der Waals surface area contributed by atoms with Crippen molar-refractivity contribution in [2.24, 2.45) is 7.05 Å². The molecular formula is C19H25N3O3S. The molecule has 0 unspecified atom stereocenters. The average Bonchev–Trinajstić information content (AvgIpc) is 2.65. The number of carbonyl (C=O) groups is 1. The minimum atomic E-state index is -0.104. The van der Waals surface area contributed by atoms with E-state index in [0.717, 1.165) is 12.0 Å². The Hall–Kier alpha value is -2.12. The van der Waals surface area contributed by atoms with Crippen LogP contribution in [0.1, 0.15) is 30.2 Å². The normalized spacial score (nSPS) is 10.7. The number of aromatic nitrogens is 2. The van der Waals surface area contributed by atoms with Crippen LogP contribution in [-0.4, -0.2) is 34.9 Å². The predicted octanol–water partition coefficient (Wildman–Crippen LogP) is 2.14. The molecule has 0 spiro atoms. The number of rotatable bonds is 9. The van der Waals surface area contributed by atoms with Crippen molar-refractivity contribution in [1.82, 2.24) is 14.9 Å². The molecule has 0 fully saturated rings. The maximum atomic E-state index is 12.9. The lowest BCUT2D eigenvalue weighted by atomic mass is 10.0. The second-order valence-corrected chi connectivity index (χ2v) is 6.86. The predicted molar refractivity (Wildman–Crippen MR) is 103 cm³/mol. The zero-order chi connectivity index (χ0) is 18.9. The SMILES string of the molecule is CCCNC(=O)CSc1nc(COC)c(Cc2ccccc2)c(=O)n1C. The van der Waals surface area contributed by atoms with E-state index in [4.69, 9.17) is 4.74 Å². The van der Waals surface area contributed by atoms with Crippen LogP contribution in [0.2, 0.25) is 0 Å². The summed E-state index contributed by atoms with van der Waals surface area (Å²) in [7, 11) is 3.27. The van der Waals surface area contributed by atoms with Crippen LogP contribution < -0.4 is 10.9 Å².